The minimum atomic E-state index is -0.471. The van der Waals surface area contributed by atoms with Crippen molar-refractivity contribution < 1.29 is 9.18 Å². The van der Waals surface area contributed by atoms with Crippen LogP contribution >= 0.6 is 0 Å². The summed E-state index contributed by atoms with van der Waals surface area (Å²) in [6, 6.07) is 0. The molecule has 110 valence electrons. The van der Waals surface area contributed by atoms with Gasteiger partial charge < -0.3 is 14.7 Å². The maximum absolute atomic E-state index is 13.9. The summed E-state index contributed by atoms with van der Waals surface area (Å²) in [5.41, 5.74) is 0.286. The van der Waals surface area contributed by atoms with Gasteiger partial charge in [0, 0.05) is 33.2 Å². The molecule has 1 aromatic heterocycles. The Morgan fingerprint density at radius 2 is 2.00 bits per heavy atom. The monoisotopic (exact) mass is 281 g/mol. The summed E-state index contributed by atoms with van der Waals surface area (Å²) in [5.74, 6) is -0.308. The van der Waals surface area contributed by atoms with E-state index < -0.39 is 5.82 Å². The van der Waals surface area contributed by atoms with Gasteiger partial charge in [0.15, 0.2) is 11.6 Å². The van der Waals surface area contributed by atoms with E-state index >= 15 is 0 Å². The van der Waals surface area contributed by atoms with Crippen molar-refractivity contribution in [3.8, 4) is 0 Å². The van der Waals surface area contributed by atoms with Gasteiger partial charge in [-0.15, -0.1) is 0 Å². The van der Waals surface area contributed by atoms with E-state index in [9.17, 15) is 9.18 Å². The van der Waals surface area contributed by atoms with Crippen LogP contribution < -0.4 is 4.90 Å². The van der Waals surface area contributed by atoms with Crippen molar-refractivity contribution in [1.82, 2.24) is 19.8 Å². The van der Waals surface area contributed by atoms with E-state index in [0.717, 1.165) is 13.1 Å². The number of hydrogen-bond donors (Lipinski definition) is 0. The summed E-state index contributed by atoms with van der Waals surface area (Å²) in [4.78, 5) is 25.4. The van der Waals surface area contributed by atoms with Crippen molar-refractivity contribution in [3.63, 3.8) is 0 Å². The molecule has 2 heterocycles. The predicted molar refractivity (Wildman–Crippen MR) is 74.1 cm³/mol. The molecule has 1 aromatic rings. The zero-order chi connectivity index (χ0) is 14.7. The Bertz CT molecular complexity index is 488. The van der Waals surface area contributed by atoms with Crippen LogP contribution in [-0.4, -0.2) is 72.5 Å². The van der Waals surface area contributed by atoms with Crippen molar-refractivity contribution in [2.75, 3.05) is 51.7 Å². The second-order valence-corrected chi connectivity index (χ2v) is 5.14. The number of hydrogen-bond acceptors (Lipinski definition) is 5. The number of aryl methyl sites for hydroxylation is 1. The highest BCUT2D eigenvalue weighted by Gasteiger charge is 2.21. The first-order chi connectivity index (χ1) is 9.49. The zero-order valence-electron chi connectivity index (χ0n) is 12.1. The molecular weight excluding hydrogens is 261 g/mol. The lowest BCUT2D eigenvalue weighted by molar-refractivity contribution is -0.131. The predicted octanol–water partition coefficient (Wildman–Crippen LogP) is 0.134. The molecule has 0 N–H and O–H groups in total. The van der Waals surface area contributed by atoms with Gasteiger partial charge in [-0.3, -0.25) is 4.79 Å². The fourth-order valence-corrected chi connectivity index (χ4v) is 2.15. The zero-order valence-corrected chi connectivity index (χ0v) is 12.1. The van der Waals surface area contributed by atoms with Gasteiger partial charge in [-0.2, -0.15) is 0 Å². The average Bonchev–Trinajstić information content (AvgIpc) is 2.42. The smallest absolute Gasteiger partial charge is 0.242 e. The summed E-state index contributed by atoms with van der Waals surface area (Å²) in [6.45, 7) is 4.88. The van der Waals surface area contributed by atoms with Crippen molar-refractivity contribution in [2.24, 2.45) is 0 Å². The molecule has 1 aliphatic heterocycles. The fraction of sp³-hybridized carbons (Fsp3) is 0.615. The number of likely N-dealkylation sites (N-methyl/N-ethyl adjacent to an activating group) is 2. The number of halogens is 1. The van der Waals surface area contributed by atoms with Gasteiger partial charge in [-0.1, -0.05) is 0 Å². The molecule has 0 unspecified atom stereocenters. The molecule has 0 aliphatic carbocycles. The Balaban J connectivity index is 1.99. The van der Waals surface area contributed by atoms with Crippen LogP contribution in [0.4, 0.5) is 10.2 Å². The summed E-state index contributed by atoms with van der Waals surface area (Å²) in [7, 11) is 3.70. The molecule has 0 atom stereocenters. The Morgan fingerprint density at radius 1 is 1.35 bits per heavy atom. The molecule has 1 saturated heterocycles. The summed E-state index contributed by atoms with van der Waals surface area (Å²) in [6.07, 6.45) is 1.31. The van der Waals surface area contributed by atoms with Crippen LogP contribution in [0.25, 0.3) is 0 Å². The molecule has 1 fully saturated rings. The molecule has 0 saturated carbocycles. The van der Waals surface area contributed by atoms with Crippen LogP contribution in [0.15, 0.2) is 6.33 Å². The number of anilines is 1. The Labute approximate surface area is 118 Å². The normalized spacial score (nSPS) is 16.3. The van der Waals surface area contributed by atoms with E-state index in [1.54, 1.807) is 14.0 Å². The minimum absolute atomic E-state index is 0.00346. The molecule has 20 heavy (non-hydrogen) atoms. The van der Waals surface area contributed by atoms with Gasteiger partial charge in [0.2, 0.25) is 5.91 Å². The Kier molecular flexibility index (Phi) is 4.49. The van der Waals surface area contributed by atoms with Gasteiger partial charge in [-0.25, -0.2) is 14.4 Å². The number of carbonyl (C=O) groups is 1. The van der Waals surface area contributed by atoms with Gasteiger partial charge in [-0.05, 0) is 14.0 Å². The maximum atomic E-state index is 13.9. The topological polar surface area (TPSA) is 52.6 Å². The lowest BCUT2D eigenvalue weighted by Gasteiger charge is -2.33. The SMILES string of the molecule is Cc1ncnc(N(C)CC(=O)N2CCN(C)CC2)c1F. The van der Waals surface area contributed by atoms with Crippen LogP contribution in [0, 0.1) is 12.7 Å². The number of amides is 1. The highest BCUT2D eigenvalue weighted by atomic mass is 19.1. The molecule has 0 bridgehead atoms. The first-order valence-corrected chi connectivity index (χ1v) is 6.63. The molecule has 0 radical (unpaired) electrons. The van der Waals surface area contributed by atoms with E-state index in [-0.39, 0.29) is 24.0 Å². The van der Waals surface area contributed by atoms with E-state index in [0.29, 0.717) is 13.1 Å². The largest absolute Gasteiger partial charge is 0.348 e. The highest BCUT2D eigenvalue weighted by Crippen LogP contribution is 2.15. The number of piperazine rings is 1. The van der Waals surface area contributed by atoms with Gasteiger partial charge >= 0.3 is 0 Å². The standard InChI is InChI=1S/C13H20FN5O/c1-10-12(14)13(16-9-15-10)18(3)8-11(20)19-6-4-17(2)5-7-19/h9H,4-8H2,1-3H3. The first-order valence-electron chi connectivity index (χ1n) is 6.63. The Morgan fingerprint density at radius 3 is 2.65 bits per heavy atom. The maximum Gasteiger partial charge on any atom is 0.242 e. The fourth-order valence-electron chi connectivity index (χ4n) is 2.15. The number of rotatable bonds is 3. The third-order valence-electron chi connectivity index (χ3n) is 3.54. The second kappa shape index (κ2) is 6.13. The molecule has 2 rings (SSSR count). The molecule has 6 nitrogen and oxygen atoms in total. The first kappa shape index (κ1) is 14.6. The quantitative estimate of drug-likeness (QED) is 0.788. The average molecular weight is 281 g/mol. The molecule has 0 spiro atoms. The van der Waals surface area contributed by atoms with E-state index in [4.69, 9.17) is 0 Å². The van der Waals surface area contributed by atoms with Crippen molar-refractivity contribution in [3.05, 3.63) is 17.8 Å². The van der Waals surface area contributed by atoms with Gasteiger partial charge in [0.1, 0.15) is 6.33 Å². The minimum Gasteiger partial charge on any atom is -0.348 e. The molecule has 7 heteroatoms. The van der Waals surface area contributed by atoms with Gasteiger partial charge in [0.05, 0.1) is 12.2 Å². The lowest BCUT2D eigenvalue weighted by Crippen LogP contribution is -2.49. The highest BCUT2D eigenvalue weighted by molar-refractivity contribution is 5.81. The van der Waals surface area contributed by atoms with E-state index in [1.165, 1.54) is 11.2 Å². The molecule has 0 aromatic carbocycles. The Hall–Kier alpha value is -1.76. The van der Waals surface area contributed by atoms with Crippen molar-refractivity contribution in [2.45, 2.75) is 6.92 Å². The van der Waals surface area contributed by atoms with Crippen LogP contribution in [0.5, 0.6) is 0 Å². The third-order valence-corrected chi connectivity index (χ3v) is 3.54. The second-order valence-electron chi connectivity index (χ2n) is 5.14. The number of aromatic nitrogens is 2. The lowest BCUT2D eigenvalue weighted by atomic mass is 10.3. The summed E-state index contributed by atoms with van der Waals surface area (Å²) >= 11 is 0. The summed E-state index contributed by atoms with van der Waals surface area (Å²) in [5, 5.41) is 0. The molecule has 1 amide bonds. The van der Waals surface area contributed by atoms with Crippen molar-refractivity contribution >= 4 is 11.7 Å². The molecule has 1 aliphatic rings. The number of carbonyl (C=O) groups excluding carboxylic acids is 1. The van der Waals surface area contributed by atoms with Crippen LogP contribution in [0.2, 0.25) is 0 Å². The van der Waals surface area contributed by atoms with Crippen LogP contribution in [0.1, 0.15) is 5.69 Å². The summed E-state index contributed by atoms with van der Waals surface area (Å²) < 4.78 is 13.9. The third kappa shape index (κ3) is 3.22. The van der Waals surface area contributed by atoms with Gasteiger partial charge in [0.25, 0.3) is 0 Å². The number of nitrogens with zero attached hydrogens (tertiary/aromatic N) is 5. The molecular formula is C13H20FN5O. The van der Waals surface area contributed by atoms with E-state index in [2.05, 4.69) is 14.9 Å². The van der Waals surface area contributed by atoms with Crippen molar-refractivity contribution in [1.29, 1.82) is 0 Å². The van der Waals surface area contributed by atoms with E-state index in [1.807, 2.05) is 11.9 Å². The van der Waals surface area contributed by atoms with Crippen LogP contribution in [0.3, 0.4) is 0 Å². The van der Waals surface area contributed by atoms with Crippen LogP contribution in [-0.2, 0) is 4.79 Å².